The summed E-state index contributed by atoms with van der Waals surface area (Å²) >= 11 is 0. The van der Waals surface area contributed by atoms with Gasteiger partial charge in [0.2, 0.25) is 0 Å². The van der Waals surface area contributed by atoms with E-state index in [2.05, 4.69) is 9.97 Å². The van der Waals surface area contributed by atoms with Crippen molar-refractivity contribution in [2.45, 2.75) is 39.7 Å². The van der Waals surface area contributed by atoms with Crippen molar-refractivity contribution in [1.82, 2.24) is 14.5 Å². The van der Waals surface area contributed by atoms with E-state index in [1.54, 1.807) is 12.1 Å². The summed E-state index contributed by atoms with van der Waals surface area (Å²) in [6.45, 7) is 7.47. The second kappa shape index (κ2) is 7.41. The van der Waals surface area contributed by atoms with E-state index in [1.165, 1.54) is 22.9 Å². The molecule has 28 heavy (non-hydrogen) atoms. The van der Waals surface area contributed by atoms with Gasteiger partial charge in [-0.1, -0.05) is 27.7 Å². The van der Waals surface area contributed by atoms with Gasteiger partial charge in [-0.25, -0.2) is 9.97 Å². The van der Waals surface area contributed by atoms with Crippen molar-refractivity contribution in [3.63, 3.8) is 0 Å². The van der Waals surface area contributed by atoms with Gasteiger partial charge in [0.05, 0.1) is 28.9 Å². The highest BCUT2D eigenvalue weighted by Gasteiger charge is 2.24. The van der Waals surface area contributed by atoms with Crippen LogP contribution in [-0.4, -0.2) is 24.7 Å². The van der Waals surface area contributed by atoms with Gasteiger partial charge >= 0.3 is 0 Å². The Morgan fingerprint density at radius 3 is 2.39 bits per heavy atom. The summed E-state index contributed by atoms with van der Waals surface area (Å²) in [5.74, 6) is 0.116. The van der Waals surface area contributed by atoms with E-state index in [-0.39, 0.29) is 34.4 Å². The first-order valence-corrected chi connectivity index (χ1v) is 9.09. The first kappa shape index (κ1) is 19.5. The Bertz CT molecular complexity index is 1130. The smallest absolute Gasteiger partial charge is 0.266 e. The average molecular weight is 378 g/mol. The summed E-state index contributed by atoms with van der Waals surface area (Å²) in [6, 6.07) is 8.06. The molecule has 1 aromatic carbocycles. The quantitative estimate of drug-likeness (QED) is 0.721. The Kier molecular flexibility index (Phi) is 5.16. The standard InChI is InChI=1S/C21H22N4O3/c1-11(2)19(27)17-16(26)8-7-15-18(17)24-20(12(3)4)25(21(15)28)14-6-5-13(9-22)23-10-14/h5-8,10-12,19,26-27H,1-4H3. The van der Waals surface area contributed by atoms with Crippen LogP contribution >= 0.6 is 0 Å². The highest BCUT2D eigenvalue weighted by Crippen LogP contribution is 2.34. The zero-order valence-corrected chi connectivity index (χ0v) is 16.2. The molecule has 1 atom stereocenters. The van der Waals surface area contributed by atoms with Crippen molar-refractivity contribution in [2.75, 3.05) is 0 Å². The van der Waals surface area contributed by atoms with Crippen molar-refractivity contribution >= 4 is 10.9 Å². The molecular weight excluding hydrogens is 356 g/mol. The van der Waals surface area contributed by atoms with Crippen molar-refractivity contribution in [2.24, 2.45) is 5.92 Å². The number of hydrogen-bond donors (Lipinski definition) is 2. The lowest BCUT2D eigenvalue weighted by Gasteiger charge is -2.21. The maximum absolute atomic E-state index is 13.3. The molecule has 3 aromatic rings. The predicted molar refractivity (Wildman–Crippen MR) is 105 cm³/mol. The number of hydrogen-bond acceptors (Lipinski definition) is 6. The fourth-order valence-corrected chi connectivity index (χ4v) is 3.13. The minimum atomic E-state index is -0.956. The van der Waals surface area contributed by atoms with E-state index in [1.807, 2.05) is 33.8 Å². The second-order valence-electron chi connectivity index (χ2n) is 7.36. The van der Waals surface area contributed by atoms with E-state index < -0.39 is 6.10 Å². The van der Waals surface area contributed by atoms with Crippen LogP contribution in [0, 0.1) is 17.2 Å². The Labute approximate surface area is 162 Å². The van der Waals surface area contributed by atoms with Gasteiger partial charge in [-0.3, -0.25) is 9.36 Å². The van der Waals surface area contributed by atoms with Gasteiger partial charge in [-0.2, -0.15) is 5.26 Å². The Morgan fingerprint density at radius 2 is 1.86 bits per heavy atom. The third-order valence-corrected chi connectivity index (χ3v) is 4.65. The number of nitriles is 1. The number of aliphatic hydroxyl groups is 1. The maximum Gasteiger partial charge on any atom is 0.266 e. The molecule has 0 saturated heterocycles. The minimum Gasteiger partial charge on any atom is -0.507 e. The lowest BCUT2D eigenvalue weighted by Crippen LogP contribution is -2.25. The Balaban J connectivity index is 2.40. The molecule has 7 nitrogen and oxygen atoms in total. The zero-order valence-electron chi connectivity index (χ0n) is 16.2. The van der Waals surface area contributed by atoms with Crippen LogP contribution in [0.25, 0.3) is 16.6 Å². The van der Waals surface area contributed by atoms with Gasteiger partial charge in [0.15, 0.2) is 0 Å². The molecule has 0 amide bonds. The van der Waals surface area contributed by atoms with Crippen molar-refractivity contribution in [3.05, 3.63) is 57.9 Å². The average Bonchev–Trinajstić information content (AvgIpc) is 2.67. The number of fused-ring (bicyclic) bond motifs is 1. The number of nitrogens with zero attached hydrogens (tertiary/aromatic N) is 4. The highest BCUT2D eigenvalue weighted by atomic mass is 16.3. The molecule has 0 aliphatic heterocycles. The number of benzene rings is 1. The molecule has 0 radical (unpaired) electrons. The lowest BCUT2D eigenvalue weighted by molar-refractivity contribution is 0.125. The number of phenolic OH excluding ortho intramolecular Hbond substituents is 1. The molecule has 2 heterocycles. The van der Waals surface area contributed by atoms with Crippen molar-refractivity contribution in [1.29, 1.82) is 5.26 Å². The molecule has 144 valence electrons. The van der Waals surface area contributed by atoms with E-state index in [9.17, 15) is 15.0 Å². The van der Waals surface area contributed by atoms with Gasteiger partial charge in [-0.05, 0) is 30.2 Å². The summed E-state index contributed by atoms with van der Waals surface area (Å²) in [5.41, 5.74) is 0.992. The molecular formula is C21H22N4O3. The van der Waals surface area contributed by atoms with Crippen LogP contribution < -0.4 is 5.56 Å². The zero-order chi connectivity index (χ0) is 20.6. The fraction of sp³-hybridized carbons (Fsp3) is 0.333. The first-order valence-electron chi connectivity index (χ1n) is 9.09. The molecule has 2 aromatic heterocycles. The summed E-state index contributed by atoms with van der Waals surface area (Å²) in [4.78, 5) is 22.1. The summed E-state index contributed by atoms with van der Waals surface area (Å²) in [5, 5.41) is 30.2. The summed E-state index contributed by atoms with van der Waals surface area (Å²) in [6.07, 6.45) is 0.506. The molecule has 0 aliphatic rings. The summed E-state index contributed by atoms with van der Waals surface area (Å²) in [7, 11) is 0. The highest BCUT2D eigenvalue weighted by molar-refractivity contribution is 5.84. The fourth-order valence-electron chi connectivity index (χ4n) is 3.13. The molecule has 0 bridgehead atoms. The molecule has 0 saturated carbocycles. The van der Waals surface area contributed by atoms with Crippen LogP contribution in [0.4, 0.5) is 0 Å². The normalized spacial score (nSPS) is 12.5. The molecule has 0 aliphatic carbocycles. The van der Waals surface area contributed by atoms with Gasteiger partial charge in [0.1, 0.15) is 23.3 Å². The van der Waals surface area contributed by atoms with Gasteiger partial charge < -0.3 is 10.2 Å². The monoisotopic (exact) mass is 378 g/mol. The minimum absolute atomic E-state index is 0.0897. The van der Waals surface area contributed by atoms with Gasteiger partial charge in [0.25, 0.3) is 5.56 Å². The van der Waals surface area contributed by atoms with Crippen LogP contribution in [0.15, 0.2) is 35.3 Å². The number of phenols is 1. The first-order chi connectivity index (χ1) is 13.3. The molecule has 7 heteroatoms. The number of pyridine rings is 1. The maximum atomic E-state index is 13.3. The number of rotatable bonds is 4. The van der Waals surface area contributed by atoms with Crippen LogP contribution in [0.5, 0.6) is 5.75 Å². The Hall–Kier alpha value is -3.24. The number of aromatic hydroxyl groups is 1. The van der Waals surface area contributed by atoms with Crippen LogP contribution in [-0.2, 0) is 0 Å². The van der Waals surface area contributed by atoms with E-state index in [0.717, 1.165) is 0 Å². The molecule has 0 fully saturated rings. The lowest BCUT2D eigenvalue weighted by atomic mass is 9.95. The molecule has 3 rings (SSSR count). The van der Waals surface area contributed by atoms with Crippen molar-refractivity contribution < 1.29 is 10.2 Å². The Morgan fingerprint density at radius 1 is 1.14 bits per heavy atom. The molecule has 0 spiro atoms. The van der Waals surface area contributed by atoms with Gasteiger partial charge in [-0.15, -0.1) is 0 Å². The number of aliphatic hydroxyl groups excluding tert-OH is 1. The second-order valence-corrected chi connectivity index (χ2v) is 7.36. The van der Waals surface area contributed by atoms with Crippen molar-refractivity contribution in [3.8, 4) is 17.5 Å². The molecule has 1 unspecified atom stereocenters. The van der Waals surface area contributed by atoms with E-state index in [0.29, 0.717) is 22.4 Å². The summed E-state index contributed by atoms with van der Waals surface area (Å²) < 4.78 is 1.46. The van der Waals surface area contributed by atoms with E-state index >= 15 is 0 Å². The SMILES string of the molecule is CC(C)c1nc2c(C(O)C(C)C)c(O)ccc2c(=O)n1-c1ccc(C#N)nc1. The third-order valence-electron chi connectivity index (χ3n) is 4.65. The number of aromatic nitrogens is 3. The van der Waals surface area contributed by atoms with Gasteiger partial charge in [0, 0.05) is 11.5 Å². The topological polar surface area (TPSA) is 112 Å². The molecule has 2 N–H and O–H groups in total. The third kappa shape index (κ3) is 3.23. The largest absolute Gasteiger partial charge is 0.507 e. The van der Waals surface area contributed by atoms with Crippen LogP contribution in [0.2, 0.25) is 0 Å². The van der Waals surface area contributed by atoms with Crippen LogP contribution in [0.1, 0.15) is 56.8 Å². The predicted octanol–water partition coefficient (Wildman–Crippen LogP) is 3.17. The van der Waals surface area contributed by atoms with Crippen LogP contribution in [0.3, 0.4) is 0 Å². The van der Waals surface area contributed by atoms with E-state index in [4.69, 9.17) is 5.26 Å².